The van der Waals surface area contributed by atoms with E-state index < -0.39 is 78.2 Å². The average Bonchev–Trinajstić information content (AvgIpc) is 3.19. The Morgan fingerprint density at radius 1 is 1.06 bits per heavy atom. The van der Waals surface area contributed by atoms with Crippen molar-refractivity contribution < 1.29 is 54.9 Å². The zero-order valence-corrected chi connectivity index (χ0v) is 17.8. The Bertz CT molecular complexity index is 771. The van der Waals surface area contributed by atoms with Gasteiger partial charge in [-0.3, -0.25) is 14.4 Å². The van der Waals surface area contributed by atoms with Gasteiger partial charge >= 0.3 is 30.3 Å². The molecule has 0 aromatic heterocycles. The number of fused-ring (bicyclic) bond motifs is 1. The molecular weight excluding hydrogens is 450 g/mol. The molecule has 7 atom stereocenters. The fourth-order valence-corrected chi connectivity index (χ4v) is 5.23. The molecule has 3 rings (SSSR count). The van der Waals surface area contributed by atoms with Crippen LogP contribution in [0.1, 0.15) is 40.5 Å². The largest absolute Gasteiger partial charge is 0.458 e. The van der Waals surface area contributed by atoms with Crippen molar-refractivity contribution in [3.8, 4) is 0 Å². The van der Waals surface area contributed by atoms with Gasteiger partial charge in [0, 0.05) is 11.8 Å². The summed E-state index contributed by atoms with van der Waals surface area (Å²) in [6.07, 6.45) is -17.5. The van der Waals surface area contributed by atoms with Crippen LogP contribution in [0, 0.1) is 35.0 Å². The van der Waals surface area contributed by atoms with Gasteiger partial charge in [0.15, 0.2) is 0 Å². The predicted octanol–water partition coefficient (Wildman–Crippen LogP) is 3.81. The van der Waals surface area contributed by atoms with E-state index in [9.17, 15) is 40.7 Å². The highest BCUT2D eigenvalue weighted by Crippen LogP contribution is 2.59. The van der Waals surface area contributed by atoms with Gasteiger partial charge in [-0.05, 0) is 18.3 Å². The second-order valence-corrected chi connectivity index (χ2v) is 9.98. The number of ether oxygens (including phenoxy) is 3. The van der Waals surface area contributed by atoms with E-state index in [4.69, 9.17) is 9.47 Å². The first-order valence-corrected chi connectivity index (χ1v) is 10.2. The highest BCUT2D eigenvalue weighted by Gasteiger charge is 2.71. The molecule has 0 radical (unpaired) electrons. The van der Waals surface area contributed by atoms with Crippen LogP contribution < -0.4 is 0 Å². The first kappa shape index (κ1) is 24.6. The smallest absolute Gasteiger partial charge is 0.434 e. The molecule has 2 aliphatic carbocycles. The Morgan fingerprint density at radius 3 is 2.12 bits per heavy atom. The lowest BCUT2D eigenvalue weighted by Crippen LogP contribution is -2.49. The van der Waals surface area contributed by atoms with Crippen molar-refractivity contribution in [3.63, 3.8) is 0 Å². The predicted molar refractivity (Wildman–Crippen MR) is 93.6 cm³/mol. The Balaban J connectivity index is 1.79. The summed E-state index contributed by atoms with van der Waals surface area (Å²) >= 11 is 0. The molecule has 182 valence electrons. The van der Waals surface area contributed by atoms with E-state index in [1.54, 1.807) is 6.92 Å². The lowest BCUT2D eigenvalue weighted by molar-refractivity contribution is -0.315. The topological polar surface area (TPSA) is 78.9 Å². The van der Waals surface area contributed by atoms with Gasteiger partial charge in [-0.2, -0.15) is 26.3 Å². The Kier molecular flexibility index (Phi) is 6.00. The molecule has 2 bridgehead atoms. The molecule has 1 aliphatic heterocycles. The number of hydrogen-bond donors (Lipinski definition) is 0. The number of esters is 3. The van der Waals surface area contributed by atoms with Crippen LogP contribution in [-0.4, -0.2) is 48.6 Å². The van der Waals surface area contributed by atoms with Gasteiger partial charge in [-0.15, -0.1) is 0 Å². The van der Waals surface area contributed by atoms with Gasteiger partial charge < -0.3 is 14.2 Å². The van der Waals surface area contributed by atoms with E-state index in [1.807, 2.05) is 20.8 Å². The van der Waals surface area contributed by atoms with E-state index in [2.05, 4.69) is 4.74 Å². The van der Waals surface area contributed by atoms with Crippen LogP contribution in [-0.2, 0) is 28.6 Å². The molecule has 12 heteroatoms. The summed E-state index contributed by atoms with van der Waals surface area (Å²) in [5.41, 5.74) is -0.214. The zero-order chi connectivity index (χ0) is 24.4. The fourth-order valence-electron chi connectivity index (χ4n) is 5.23. The van der Waals surface area contributed by atoms with Gasteiger partial charge in [0.2, 0.25) is 0 Å². The van der Waals surface area contributed by atoms with Crippen LogP contribution >= 0.6 is 0 Å². The fraction of sp³-hybridized carbons (Fsp3) is 0.850. The molecule has 3 fully saturated rings. The van der Waals surface area contributed by atoms with Crippen LogP contribution in [0.25, 0.3) is 0 Å². The normalized spacial score (nSPS) is 32.8. The molecule has 1 heterocycles. The van der Waals surface area contributed by atoms with Gasteiger partial charge in [0.1, 0.15) is 12.2 Å². The first-order valence-electron chi connectivity index (χ1n) is 10.2. The number of rotatable bonds is 5. The minimum atomic E-state index is -5.88. The number of halogens is 6. The van der Waals surface area contributed by atoms with Crippen molar-refractivity contribution in [2.24, 2.45) is 35.0 Å². The molecule has 2 saturated carbocycles. The molecule has 1 saturated heterocycles. The molecule has 32 heavy (non-hydrogen) atoms. The number of alkyl halides is 6. The summed E-state index contributed by atoms with van der Waals surface area (Å²) in [6, 6.07) is 0. The second-order valence-electron chi connectivity index (χ2n) is 9.98. The van der Waals surface area contributed by atoms with E-state index >= 15 is 0 Å². The van der Waals surface area contributed by atoms with E-state index in [0.29, 0.717) is 6.42 Å². The number of carbonyl (C=O) groups excluding carboxylic acids is 3. The van der Waals surface area contributed by atoms with Crippen LogP contribution in [0.15, 0.2) is 0 Å². The zero-order valence-electron chi connectivity index (χ0n) is 17.8. The maximum absolute atomic E-state index is 12.8. The SMILES string of the molecule is CC(CC(C)(C)C)C(=O)OC1C2CC3C1OC(=O)C3C2C(=O)OC(C(F)(F)F)C(F)(F)F. The van der Waals surface area contributed by atoms with Crippen molar-refractivity contribution in [1.29, 1.82) is 0 Å². The molecule has 0 N–H and O–H groups in total. The Labute approximate surface area is 179 Å². The molecule has 0 amide bonds. The molecule has 0 spiro atoms. The highest BCUT2D eigenvalue weighted by molar-refractivity contribution is 5.86. The summed E-state index contributed by atoms with van der Waals surface area (Å²) < 4.78 is 91.5. The lowest BCUT2D eigenvalue weighted by atomic mass is 9.78. The van der Waals surface area contributed by atoms with Gasteiger partial charge in [-0.25, -0.2) is 0 Å². The minimum absolute atomic E-state index is 0.0924. The molecule has 0 aromatic carbocycles. The van der Waals surface area contributed by atoms with Gasteiger partial charge in [0.25, 0.3) is 6.10 Å². The quantitative estimate of drug-likeness (QED) is 0.343. The third-order valence-electron chi connectivity index (χ3n) is 6.22. The number of carbonyl (C=O) groups is 3. The molecule has 6 nitrogen and oxygen atoms in total. The summed E-state index contributed by atoms with van der Waals surface area (Å²) in [4.78, 5) is 37.2. The summed E-state index contributed by atoms with van der Waals surface area (Å²) in [5, 5.41) is 0. The monoisotopic (exact) mass is 474 g/mol. The summed E-state index contributed by atoms with van der Waals surface area (Å²) in [5.74, 6) is -8.38. The lowest BCUT2D eigenvalue weighted by Gasteiger charge is -2.32. The molecule has 7 unspecified atom stereocenters. The van der Waals surface area contributed by atoms with Crippen LogP contribution in [0.5, 0.6) is 0 Å². The second kappa shape index (κ2) is 7.79. The standard InChI is InChI=1S/C20H24F6O6/c1-7(6-18(2,3)4)14(27)30-12-9-5-8-10(15(28)31-13(8)12)11(9)16(29)32-17(19(21,22)23)20(24,25)26/h7-13,17H,5-6H2,1-4H3. The summed E-state index contributed by atoms with van der Waals surface area (Å²) in [7, 11) is 0. The van der Waals surface area contributed by atoms with Crippen molar-refractivity contribution in [3.05, 3.63) is 0 Å². The molecule has 3 aliphatic rings. The van der Waals surface area contributed by atoms with Crippen molar-refractivity contribution in [1.82, 2.24) is 0 Å². The highest BCUT2D eigenvalue weighted by atomic mass is 19.4. The Hall–Kier alpha value is -2.01. The van der Waals surface area contributed by atoms with Crippen molar-refractivity contribution in [2.45, 2.75) is 71.2 Å². The van der Waals surface area contributed by atoms with E-state index in [-0.39, 0.29) is 11.8 Å². The van der Waals surface area contributed by atoms with Crippen molar-refractivity contribution in [2.75, 3.05) is 0 Å². The van der Waals surface area contributed by atoms with Crippen molar-refractivity contribution >= 4 is 17.9 Å². The maximum atomic E-state index is 12.8. The van der Waals surface area contributed by atoms with E-state index in [1.165, 1.54) is 0 Å². The maximum Gasteiger partial charge on any atom is 0.434 e. The third-order valence-corrected chi connectivity index (χ3v) is 6.22. The third kappa shape index (κ3) is 4.54. The molecular formula is C20H24F6O6. The Morgan fingerprint density at radius 2 is 1.62 bits per heavy atom. The summed E-state index contributed by atoms with van der Waals surface area (Å²) in [6.45, 7) is 7.33. The number of hydrogen-bond acceptors (Lipinski definition) is 6. The van der Waals surface area contributed by atoms with Crippen LogP contribution in [0.2, 0.25) is 0 Å². The van der Waals surface area contributed by atoms with E-state index in [0.717, 1.165) is 0 Å². The van der Waals surface area contributed by atoms with Gasteiger partial charge in [0.05, 0.1) is 17.8 Å². The minimum Gasteiger partial charge on any atom is -0.458 e. The van der Waals surface area contributed by atoms with Crippen LogP contribution in [0.3, 0.4) is 0 Å². The molecule has 0 aromatic rings. The van der Waals surface area contributed by atoms with Gasteiger partial charge in [-0.1, -0.05) is 27.7 Å². The average molecular weight is 474 g/mol. The van der Waals surface area contributed by atoms with Crippen LogP contribution in [0.4, 0.5) is 26.3 Å². The first-order chi connectivity index (χ1) is 14.4.